The lowest BCUT2D eigenvalue weighted by Gasteiger charge is -2.29. The number of nitrogens with one attached hydrogen (secondary N) is 1. The Morgan fingerprint density at radius 3 is 2.33 bits per heavy atom. The summed E-state index contributed by atoms with van der Waals surface area (Å²) in [6.45, 7) is 8.30. The first kappa shape index (κ1) is 14.7. The quantitative estimate of drug-likeness (QED) is 0.857. The third-order valence-electron chi connectivity index (χ3n) is 3.29. The van der Waals surface area contributed by atoms with Gasteiger partial charge in [-0.2, -0.15) is 0 Å². The standard InChI is InChI=1S/C15H24N2O/c1-11(15(2,3)4)17-14(18)13(16)10-12-8-6-5-7-9-12/h5-9,11,13H,10,16H2,1-4H3,(H,17,18)/t11?,13-/m1/s1. The second kappa shape index (κ2) is 6.01. The molecule has 0 aromatic heterocycles. The molecule has 100 valence electrons. The summed E-state index contributed by atoms with van der Waals surface area (Å²) in [5, 5.41) is 2.98. The molecule has 0 fully saturated rings. The molecule has 0 radical (unpaired) electrons. The lowest BCUT2D eigenvalue weighted by molar-refractivity contribution is -0.123. The van der Waals surface area contributed by atoms with Crippen LogP contribution in [0.25, 0.3) is 0 Å². The van der Waals surface area contributed by atoms with Crippen molar-refractivity contribution in [1.82, 2.24) is 5.32 Å². The summed E-state index contributed by atoms with van der Waals surface area (Å²) in [6.07, 6.45) is 0.573. The maximum atomic E-state index is 12.0. The summed E-state index contributed by atoms with van der Waals surface area (Å²) in [5.74, 6) is -0.0821. The topological polar surface area (TPSA) is 55.1 Å². The Bertz CT molecular complexity index is 381. The van der Waals surface area contributed by atoms with Gasteiger partial charge in [0.25, 0.3) is 0 Å². The molecule has 1 unspecified atom stereocenters. The molecule has 0 saturated carbocycles. The van der Waals surface area contributed by atoms with Crippen LogP contribution in [0.3, 0.4) is 0 Å². The van der Waals surface area contributed by atoms with Crippen molar-refractivity contribution in [2.45, 2.75) is 46.2 Å². The van der Waals surface area contributed by atoms with Crippen molar-refractivity contribution in [2.24, 2.45) is 11.1 Å². The fourth-order valence-electron chi connectivity index (χ4n) is 1.50. The van der Waals surface area contributed by atoms with Crippen molar-refractivity contribution in [2.75, 3.05) is 0 Å². The maximum Gasteiger partial charge on any atom is 0.237 e. The number of rotatable bonds is 4. The second-order valence-electron chi connectivity index (χ2n) is 5.89. The summed E-state index contributed by atoms with van der Waals surface area (Å²) in [6, 6.07) is 9.46. The van der Waals surface area contributed by atoms with E-state index in [1.807, 2.05) is 37.3 Å². The van der Waals surface area contributed by atoms with Crippen LogP contribution in [0.15, 0.2) is 30.3 Å². The highest BCUT2D eigenvalue weighted by molar-refractivity contribution is 5.82. The molecule has 2 atom stereocenters. The van der Waals surface area contributed by atoms with Gasteiger partial charge in [-0.15, -0.1) is 0 Å². The highest BCUT2D eigenvalue weighted by Gasteiger charge is 2.24. The van der Waals surface area contributed by atoms with Gasteiger partial charge in [-0.1, -0.05) is 51.1 Å². The molecule has 3 nitrogen and oxygen atoms in total. The van der Waals surface area contributed by atoms with E-state index in [2.05, 4.69) is 26.1 Å². The van der Waals surface area contributed by atoms with E-state index < -0.39 is 6.04 Å². The predicted octanol–water partition coefficient (Wildman–Crippen LogP) is 2.11. The lowest BCUT2D eigenvalue weighted by Crippen LogP contribution is -2.49. The molecule has 1 aromatic rings. The van der Waals surface area contributed by atoms with E-state index in [-0.39, 0.29) is 17.4 Å². The van der Waals surface area contributed by atoms with Crippen LogP contribution >= 0.6 is 0 Å². The molecule has 1 aromatic carbocycles. The molecular formula is C15H24N2O. The first-order valence-electron chi connectivity index (χ1n) is 6.40. The van der Waals surface area contributed by atoms with Gasteiger partial charge in [-0.05, 0) is 24.3 Å². The van der Waals surface area contributed by atoms with E-state index in [0.29, 0.717) is 6.42 Å². The molecule has 3 N–H and O–H groups in total. The number of hydrogen-bond acceptors (Lipinski definition) is 2. The van der Waals surface area contributed by atoms with Crippen LogP contribution in [0.1, 0.15) is 33.3 Å². The average Bonchev–Trinajstić information content (AvgIpc) is 2.28. The summed E-state index contributed by atoms with van der Waals surface area (Å²) in [4.78, 5) is 12.0. The minimum absolute atomic E-state index is 0.0438. The van der Waals surface area contributed by atoms with Crippen molar-refractivity contribution in [1.29, 1.82) is 0 Å². The van der Waals surface area contributed by atoms with Gasteiger partial charge < -0.3 is 11.1 Å². The predicted molar refractivity (Wildman–Crippen MR) is 75.2 cm³/mol. The van der Waals surface area contributed by atoms with Gasteiger partial charge >= 0.3 is 0 Å². The first-order valence-corrected chi connectivity index (χ1v) is 6.40. The molecule has 0 heterocycles. The Balaban J connectivity index is 2.52. The fourth-order valence-corrected chi connectivity index (χ4v) is 1.50. The first-order chi connectivity index (χ1) is 8.30. The van der Waals surface area contributed by atoms with Crippen LogP contribution in [-0.4, -0.2) is 18.0 Å². The number of benzene rings is 1. The number of amides is 1. The monoisotopic (exact) mass is 248 g/mol. The van der Waals surface area contributed by atoms with Crippen molar-refractivity contribution in [3.05, 3.63) is 35.9 Å². The van der Waals surface area contributed by atoms with Gasteiger partial charge in [0, 0.05) is 6.04 Å². The van der Waals surface area contributed by atoms with Crippen LogP contribution in [0.2, 0.25) is 0 Å². The summed E-state index contributed by atoms with van der Waals surface area (Å²) < 4.78 is 0. The molecule has 1 amide bonds. The van der Waals surface area contributed by atoms with E-state index in [0.717, 1.165) is 5.56 Å². The molecule has 0 bridgehead atoms. The summed E-state index contributed by atoms with van der Waals surface area (Å²) in [5.41, 5.74) is 7.06. The van der Waals surface area contributed by atoms with E-state index in [1.165, 1.54) is 0 Å². The minimum atomic E-state index is -0.489. The van der Waals surface area contributed by atoms with Gasteiger partial charge in [0.15, 0.2) is 0 Å². The van der Waals surface area contributed by atoms with Crippen LogP contribution in [0.4, 0.5) is 0 Å². The number of carbonyl (C=O) groups excluding carboxylic acids is 1. The molecule has 0 aliphatic carbocycles. The number of carbonyl (C=O) groups is 1. The number of nitrogens with two attached hydrogens (primary N) is 1. The van der Waals surface area contributed by atoms with Gasteiger partial charge in [-0.3, -0.25) is 4.79 Å². The normalized spacial score (nSPS) is 14.9. The van der Waals surface area contributed by atoms with Gasteiger partial charge in [0.2, 0.25) is 5.91 Å². The smallest absolute Gasteiger partial charge is 0.237 e. The maximum absolute atomic E-state index is 12.0. The zero-order valence-electron chi connectivity index (χ0n) is 11.7. The Labute approximate surface area is 110 Å². The minimum Gasteiger partial charge on any atom is -0.352 e. The third-order valence-corrected chi connectivity index (χ3v) is 3.29. The second-order valence-corrected chi connectivity index (χ2v) is 5.89. The molecule has 0 aliphatic rings. The number of hydrogen-bond donors (Lipinski definition) is 2. The molecule has 0 aliphatic heterocycles. The average molecular weight is 248 g/mol. The zero-order chi connectivity index (χ0) is 13.8. The van der Waals surface area contributed by atoms with Gasteiger partial charge in [-0.25, -0.2) is 0 Å². The highest BCUT2D eigenvalue weighted by atomic mass is 16.2. The fraction of sp³-hybridized carbons (Fsp3) is 0.533. The van der Waals surface area contributed by atoms with Crippen LogP contribution in [0, 0.1) is 5.41 Å². The lowest BCUT2D eigenvalue weighted by atomic mass is 9.88. The zero-order valence-corrected chi connectivity index (χ0v) is 11.7. The Morgan fingerprint density at radius 1 is 1.28 bits per heavy atom. The Morgan fingerprint density at radius 2 is 1.83 bits per heavy atom. The van der Waals surface area contributed by atoms with Crippen LogP contribution in [-0.2, 0) is 11.2 Å². The highest BCUT2D eigenvalue weighted by Crippen LogP contribution is 2.18. The van der Waals surface area contributed by atoms with Gasteiger partial charge in [0.1, 0.15) is 0 Å². The van der Waals surface area contributed by atoms with Crippen molar-refractivity contribution in [3.8, 4) is 0 Å². The van der Waals surface area contributed by atoms with Gasteiger partial charge in [0.05, 0.1) is 6.04 Å². The summed E-state index contributed by atoms with van der Waals surface area (Å²) in [7, 11) is 0. The summed E-state index contributed by atoms with van der Waals surface area (Å²) >= 11 is 0. The Kier molecular flexibility index (Phi) is 4.91. The molecule has 18 heavy (non-hydrogen) atoms. The molecule has 0 saturated heterocycles. The molecule has 3 heteroatoms. The molecular weight excluding hydrogens is 224 g/mol. The Hall–Kier alpha value is -1.35. The van der Waals surface area contributed by atoms with Crippen LogP contribution < -0.4 is 11.1 Å². The largest absolute Gasteiger partial charge is 0.352 e. The van der Waals surface area contributed by atoms with Crippen molar-refractivity contribution in [3.63, 3.8) is 0 Å². The van der Waals surface area contributed by atoms with Crippen molar-refractivity contribution < 1.29 is 4.79 Å². The van der Waals surface area contributed by atoms with E-state index in [4.69, 9.17) is 5.73 Å². The molecule has 0 spiro atoms. The third kappa shape index (κ3) is 4.49. The SMILES string of the molecule is CC(NC(=O)[C@H](N)Cc1ccccc1)C(C)(C)C. The molecule has 1 rings (SSSR count). The van der Waals surface area contributed by atoms with Crippen molar-refractivity contribution >= 4 is 5.91 Å². The van der Waals surface area contributed by atoms with Crippen LogP contribution in [0.5, 0.6) is 0 Å². The van der Waals surface area contributed by atoms with E-state index >= 15 is 0 Å². The van der Waals surface area contributed by atoms with E-state index in [9.17, 15) is 4.79 Å². The van der Waals surface area contributed by atoms with E-state index in [1.54, 1.807) is 0 Å².